The van der Waals surface area contributed by atoms with Crippen molar-refractivity contribution in [2.45, 2.75) is 117 Å². The van der Waals surface area contributed by atoms with Crippen LogP contribution in [0.15, 0.2) is 50.7 Å². The van der Waals surface area contributed by atoms with Crippen molar-refractivity contribution in [1.29, 1.82) is 0 Å². The highest BCUT2D eigenvalue weighted by atomic mass is 19.1. The Bertz CT molecular complexity index is 1310. The first-order valence-electron chi connectivity index (χ1n) is 14.6. The summed E-state index contributed by atoms with van der Waals surface area (Å²) in [6.07, 6.45) is 7.03. The van der Waals surface area contributed by atoms with Crippen molar-refractivity contribution in [2.24, 2.45) is 0 Å². The molecule has 10 nitrogen and oxygen atoms in total. The van der Waals surface area contributed by atoms with E-state index in [0.29, 0.717) is 0 Å². The number of aliphatic hydroxyl groups excluding tert-OH is 1. The van der Waals surface area contributed by atoms with Crippen molar-refractivity contribution in [2.75, 3.05) is 13.2 Å². The Balaban J connectivity index is 1.75. The summed E-state index contributed by atoms with van der Waals surface area (Å²) in [5.41, 5.74) is 1.76. The molecule has 2 aliphatic heterocycles. The van der Waals surface area contributed by atoms with E-state index >= 15 is 0 Å². The standard InChI is InChI=1S/C31H45FN2O8/c1-7-39-25(36)14-16-31(6)41-26-24(19-35)40-29(27(26)42-31)34-18-23(32)28(37)33(30(34)38)17-15-22(5)13-9-12-21(4)11-8-10-20(2)3/h10,12,15,18,24,26-27,29,35H,7-9,11,13-14,16-17,19H2,1-6H3/t24-,26?,27?,29-,31?/m1/s1. The molecule has 3 rings (SSSR count). The molecule has 5 atom stereocenters. The van der Waals surface area contributed by atoms with Crippen LogP contribution in [0.25, 0.3) is 0 Å². The molecule has 0 amide bonds. The second-order valence-corrected chi connectivity index (χ2v) is 11.4. The van der Waals surface area contributed by atoms with Crippen LogP contribution in [-0.2, 0) is 30.3 Å². The molecule has 3 heterocycles. The number of rotatable bonds is 14. The SMILES string of the molecule is CCOC(=O)CCC1(C)OC2C(O1)[C@@H](CO)O[C@H]2n1cc(F)c(=O)n(CC=C(C)CCC=C(C)CCC=C(C)C)c1=O. The molecule has 0 spiro atoms. The molecular weight excluding hydrogens is 547 g/mol. The molecule has 0 saturated carbocycles. The molecule has 0 aliphatic carbocycles. The van der Waals surface area contributed by atoms with Gasteiger partial charge in [-0.25, -0.2) is 4.79 Å². The van der Waals surface area contributed by atoms with Crippen LogP contribution >= 0.6 is 0 Å². The first-order valence-corrected chi connectivity index (χ1v) is 14.6. The maximum atomic E-state index is 14.8. The number of hydrogen-bond acceptors (Lipinski definition) is 8. The van der Waals surface area contributed by atoms with Gasteiger partial charge in [-0.2, -0.15) is 4.39 Å². The Labute approximate surface area is 246 Å². The summed E-state index contributed by atoms with van der Waals surface area (Å²) < 4.78 is 39.6. The van der Waals surface area contributed by atoms with Gasteiger partial charge in [0.15, 0.2) is 12.0 Å². The van der Waals surface area contributed by atoms with E-state index in [1.165, 1.54) is 11.1 Å². The number of nitrogens with zero attached hydrogens (tertiary/aromatic N) is 2. The van der Waals surface area contributed by atoms with Gasteiger partial charge in [-0.1, -0.05) is 34.9 Å². The first-order chi connectivity index (χ1) is 19.9. The molecule has 1 aromatic heterocycles. The monoisotopic (exact) mass is 592 g/mol. The summed E-state index contributed by atoms with van der Waals surface area (Å²) in [7, 11) is 0. The lowest BCUT2D eigenvalue weighted by Crippen LogP contribution is -2.44. The molecule has 42 heavy (non-hydrogen) atoms. The van der Waals surface area contributed by atoms with Crippen LogP contribution in [0.3, 0.4) is 0 Å². The first kappa shape index (κ1) is 33.6. The van der Waals surface area contributed by atoms with Crippen LogP contribution < -0.4 is 11.2 Å². The van der Waals surface area contributed by atoms with Gasteiger partial charge in [-0.05, 0) is 67.2 Å². The normalized spacial score (nSPS) is 25.9. The number of hydrogen-bond donors (Lipinski definition) is 1. The van der Waals surface area contributed by atoms with E-state index in [4.69, 9.17) is 18.9 Å². The third-order valence-electron chi connectivity index (χ3n) is 7.50. The maximum absolute atomic E-state index is 14.8. The Morgan fingerprint density at radius 1 is 1.05 bits per heavy atom. The third-order valence-corrected chi connectivity index (χ3v) is 7.50. The largest absolute Gasteiger partial charge is 0.466 e. The fourth-order valence-electron chi connectivity index (χ4n) is 5.15. The molecule has 1 N–H and O–H groups in total. The van der Waals surface area contributed by atoms with Gasteiger partial charge in [0, 0.05) is 13.0 Å². The molecule has 3 unspecified atom stereocenters. The zero-order chi connectivity index (χ0) is 31.0. The molecule has 0 bridgehead atoms. The van der Waals surface area contributed by atoms with Crippen LogP contribution in [0.4, 0.5) is 4.39 Å². The lowest BCUT2D eigenvalue weighted by molar-refractivity contribution is -0.215. The van der Waals surface area contributed by atoms with Crippen molar-refractivity contribution >= 4 is 5.97 Å². The Hall–Kier alpha value is -2.86. The summed E-state index contributed by atoms with van der Waals surface area (Å²) in [6, 6.07) is 0. The van der Waals surface area contributed by atoms with Gasteiger partial charge >= 0.3 is 11.7 Å². The van der Waals surface area contributed by atoms with Crippen molar-refractivity contribution < 1.29 is 33.2 Å². The van der Waals surface area contributed by atoms with E-state index in [1.54, 1.807) is 19.9 Å². The van der Waals surface area contributed by atoms with Crippen molar-refractivity contribution in [3.8, 4) is 0 Å². The number of carbonyl (C=O) groups is 1. The zero-order valence-electron chi connectivity index (χ0n) is 25.6. The van der Waals surface area contributed by atoms with Crippen LogP contribution in [0.5, 0.6) is 0 Å². The number of halogens is 1. The van der Waals surface area contributed by atoms with Crippen LogP contribution in [0.2, 0.25) is 0 Å². The highest BCUT2D eigenvalue weighted by molar-refractivity contribution is 5.69. The van der Waals surface area contributed by atoms with Gasteiger partial charge in [0.1, 0.15) is 18.3 Å². The molecule has 1 aromatic rings. The average molecular weight is 593 g/mol. The minimum atomic E-state index is -1.22. The van der Waals surface area contributed by atoms with Gasteiger partial charge < -0.3 is 24.1 Å². The summed E-state index contributed by atoms with van der Waals surface area (Å²) in [5, 5.41) is 9.91. The van der Waals surface area contributed by atoms with Gasteiger partial charge in [-0.15, -0.1) is 0 Å². The molecule has 0 aromatic carbocycles. The third kappa shape index (κ3) is 8.59. The maximum Gasteiger partial charge on any atom is 0.333 e. The molecule has 11 heteroatoms. The van der Waals surface area contributed by atoms with Gasteiger partial charge in [-0.3, -0.25) is 18.7 Å². The summed E-state index contributed by atoms with van der Waals surface area (Å²) in [5.74, 6) is -2.74. The second-order valence-electron chi connectivity index (χ2n) is 11.4. The minimum absolute atomic E-state index is 0.0372. The van der Waals surface area contributed by atoms with Crippen LogP contribution in [0, 0.1) is 5.82 Å². The summed E-state index contributed by atoms with van der Waals surface area (Å²) in [6.45, 7) is 11.2. The predicted octanol–water partition coefficient (Wildman–Crippen LogP) is 4.30. The smallest absolute Gasteiger partial charge is 0.333 e. The topological polar surface area (TPSA) is 118 Å². The van der Waals surface area contributed by atoms with Crippen molar-refractivity contribution in [3.05, 3.63) is 67.8 Å². The molecule has 234 valence electrons. The van der Waals surface area contributed by atoms with Gasteiger partial charge in [0.05, 0.1) is 25.8 Å². The second kappa shape index (κ2) is 15.0. The quantitative estimate of drug-likeness (QED) is 0.251. The van der Waals surface area contributed by atoms with Crippen molar-refractivity contribution in [3.63, 3.8) is 0 Å². The number of esters is 1. The van der Waals surface area contributed by atoms with Gasteiger partial charge in [0.25, 0.3) is 5.56 Å². The Morgan fingerprint density at radius 3 is 2.33 bits per heavy atom. The summed E-state index contributed by atoms with van der Waals surface area (Å²) >= 11 is 0. The molecule has 2 fully saturated rings. The van der Waals surface area contributed by atoms with E-state index in [1.807, 2.05) is 6.92 Å². The minimum Gasteiger partial charge on any atom is -0.466 e. The number of carbonyl (C=O) groups excluding carboxylic acids is 1. The van der Waals surface area contributed by atoms with E-state index in [9.17, 15) is 23.9 Å². The van der Waals surface area contributed by atoms with E-state index in [-0.39, 0.29) is 26.0 Å². The number of fused-ring (bicyclic) bond motifs is 1. The Morgan fingerprint density at radius 2 is 1.69 bits per heavy atom. The fraction of sp³-hybridized carbons (Fsp3) is 0.645. The number of aromatic nitrogens is 2. The lowest BCUT2D eigenvalue weighted by Gasteiger charge is -2.27. The highest BCUT2D eigenvalue weighted by Gasteiger charge is 2.57. The van der Waals surface area contributed by atoms with Gasteiger partial charge in [0.2, 0.25) is 5.82 Å². The Kier molecular flexibility index (Phi) is 12.0. The number of ether oxygens (including phenoxy) is 4. The molecule has 0 radical (unpaired) electrons. The molecule has 2 aliphatic rings. The van der Waals surface area contributed by atoms with Crippen LogP contribution in [0.1, 0.15) is 86.3 Å². The fourth-order valence-corrected chi connectivity index (χ4v) is 5.15. The van der Waals surface area contributed by atoms with E-state index < -0.39 is 60.0 Å². The number of aliphatic hydroxyl groups is 1. The van der Waals surface area contributed by atoms with Crippen molar-refractivity contribution in [1.82, 2.24) is 9.13 Å². The average Bonchev–Trinajstić information content (AvgIpc) is 3.44. The zero-order valence-corrected chi connectivity index (χ0v) is 25.6. The van der Waals surface area contributed by atoms with E-state index in [0.717, 1.165) is 46.6 Å². The van der Waals surface area contributed by atoms with Crippen LogP contribution in [-0.4, -0.2) is 57.5 Å². The molecular formula is C31H45FN2O8. The lowest BCUT2D eigenvalue weighted by atomic mass is 10.1. The predicted molar refractivity (Wildman–Crippen MR) is 155 cm³/mol. The number of allylic oxidation sites excluding steroid dienone is 6. The molecule has 2 saturated heterocycles. The highest BCUT2D eigenvalue weighted by Crippen LogP contribution is 2.44. The van der Waals surface area contributed by atoms with E-state index in [2.05, 4.69) is 32.9 Å². The summed E-state index contributed by atoms with van der Waals surface area (Å²) in [4.78, 5) is 37.9.